The highest BCUT2D eigenvalue weighted by Crippen LogP contribution is 2.22. The van der Waals surface area contributed by atoms with Crippen LogP contribution in [-0.2, 0) is 9.53 Å². The van der Waals surface area contributed by atoms with Crippen LogP contribution >= 0.6 is 0 Å². The van der Waals surface area contributed by atoms with Crippen molar-refractivity contribution in [3.05, 3.63) is 101 Å². The van der Waals surface area contributed by atoms with E-state index in [1.165, 1.54) is 0 Å². The van der Waals surface area contributed by atoms with Crippen molar-refractivity contribution >= 4 is 23.9 Å². The monoisotopic (exact) mass is 413 g/mol. The molecule has 0 saturated heterocycles. The van der Waals surface area contributed by atoms with Gasteiger partial charge in [0.25, 0.3) is 0 Å². The molecule has 0 spiro atoms. The fourth-order valence-corrected chi connectivity index (χ4v) is 2.92. The molecule has 1 aliphatic heterocycles. The van der Waals surface area contributed by atoms with Gasteiger partial charge in [-0.3, -0.25) is 0 Å². The van der Waals surface area contributed by atoms with Gasteiger partial charge in [0.2, 0.25) is 5.90 Å². The second-order valence-electron chi connectivity index (χ2n) is 6.62. The lowest BCUT2D eigenvalue weighted by Crippen LogP contribution is -2.07. The number of carbonyl (C=O) groups is 2. The van der Waals surface area contributed by atoms with E-state index in [-0.39, 0.29) is 11.6 Å². The Morgan fingerprint density at radius 1 is 0.935 bits per heavy atom. The van der Waals surface area contributed by atoms with Gasteiger partial charge < -0.3 is 14.2 Å². The van der Waals surface area contributed by atoms with Gasteiger partial charge in [-0.05, 0) is 67.1 Å². The first-order valence-electron chi connectivity index (χ1n) is 9.75. The van der Waals surface area contributed by atoms with Gasteiger partial charge in [-0.15, -0.1) is 0 Å². The number of aliphatic imine (C=N–C) groups is 1. The zero-order valence-corrected chi connectivity index (χ0v) is 16.8. The molecule has 0 amide bonds. The summed E-state index contributed by atoms with van der Waals surface area (Å²) in [6.07, 6.45) is 1.62. The highest BCUT2D eigenvalue weighted by Gasteiger charge is 2.24. The minimum Gasteiger partial charge on any atom is -0.494 e. The maximum atomic E-state index is 12.2. The molecule has 0 fully saturated rings. The molecule has 0 atom stereocenters. The average Bonchev–Trinajstić information content (AvgIpc) is 3.16. The Bertz CT molecular complexity index is 1150. The number of carbonyl (C=O) groups excluding carboxylic acids is 2. The third-order valence-electron chi connectivity index (χ3n) is 4.44. The van der Waals surface area contributed by atoms with E-state index in [4.69, 9.17) is 14.2 Å². The maximum Gasteiger partial charge on any atom is 0.363 e. The van der Waals surface area contributed by atoms with Crippen LogP contribution in [0.1, 0.15) is 28.4 Å². The number of hydrogen-bond acceptors (Lipinski definition) is 6. The summed E-state index contributed by atoms with van der Waals surface area (Å²) in [6, 6.07) is 22.7. The predicted octanol–water partition coefficient (Wildman–Crippen LogP) is 4.65. The Morgan fingerprint density at radius 3 is 2.29 bits per heavy atom. The average molecular weight is 413 g/mol. The van der Waals surface area contributed by atoms with Crippen molar-refractivity contribution in [3.8, 4) is 11.5 Å². The van der Waals surface area contributed by atoms with Crippen LogP contribution in [0.5, 0.6) is 11.5 Å². The number of hydrogen-bond donors (Lipinski definition) is 0. The SMILES string of the molecule is CCOc1ccc(C2=N/C(=C\c3ccc(OC(=O)c4ccccc4)cc3)C(=O)O2)cc1. The molecule has 0 N–H and O–H groups in total. The third-order valence-corrected chi connectivity index (χ3v) is 4.44. The number of benzene rings is 3. The predicted molar refractivity (Wildman–Crippen MR) is 116 cm³/mol. The lowest BCUT2D eigenvalue weighted by atomic mass is 10.2. The Balaban J connectivity index is 1.46. The van der Waals surface area contributed by atoms with E-state index in [1.807, 2.05) is 13.0 Å². The number of ether oxygens (including phenoxy) is 3. The van der Waals surface area contributed by atoms with Crippen molar-refractivity contribution in [2.75, 3.05) is 6.61 Å². The largest absolute Gasteiger partial charge is 0.494 e. The molecule has 154 valence electrons. The quantitative estimate of drug-likeness (QED) is 0.334. The van der Waals surface area contributed by atoms with Crippen LogP contribution in [0.4, 0.5) is 0 Å². The first kappa shape index (κ1) is 20.1. The second kappa shape index (κ2) is 9.09. The van der Waals surface area contributed by atoms with Crippen molar-refractivity contribution in [3.63, 3.8) is 0 Å². The van der Waals surface area contributed by atoms with E-state index in [0.29, 0.717) is 23.5 Å². The van der Waals surface area contributed by atoms with E-state index in [1.54, 1.807) is 78.9 Å². The van der Waals surface area contributed by atoms with Gasteiger partial charge in [0.05, 0.1) is 12.2 Å². The molecule has 6 heteroatoms. The molecule has 1 aliphatic rings. The van der Waals surface area contributed by atoms with Crippen LogP contribution in [0.15, 0.2) is 89.6 Å². The van der Waals surface area contributed by atoms with Crippen LogP contribution < -0.4 is 9.47 Å². The van der Waals surface area contributed by atoms with Crippen molar-refractivity contribution in [1.29, 1.82) is 0 Å². The van der Waals surface area contributed by atoms with Gasteiger partial charge in [0, 0.05) is 5.56 Å². The van der Waals surface area contributed by atoms with Gasteiger partial charge in [-0.2, -0.15) is 0 Å². The lowest BCUT2D eigenvalue weighted by Gasteiger charge is -2.04. The molecule has 3 aromatic rings. The van der Waals surface area contributed by atoms with Crippen molar-refractivity contribution in [1.82, 2.24) is 0 Å². The van der Waals surface area contributed by atoms with Gasteiger partial charge in [-0.25, -0.2) is 14.6 Å². The zero-order valence-electron chi connectivity index (χ0n) is 16.8. The van der Waals surface area contributed by atoms with Gasteiger partial charge in [0.1, 0.15) is 11.5 Å². The number of cyclic esters (lactones) is 1. The second-order valence-corrected chi connectivity index (χ2v) is 6.62. The van der Waals surface area contributed by atoms with Crippen molar-refractivity contribution < 1.29 is 23.8 Å². The molecule has 3 aromatic carbocycles. The number of esters is 2. The third kappa shape index (κ3) is 4.87. The highest BCUT2D eigenvalue weighted by molar-refractivity contribution is 6.12. The number of rotatable bonds is 6. The summed E-state index contributed by atoms with van der Waals surface area (Å²) < 4.78 is 16.1. The molecule has 6 nitrogen and oxygen atoms in total. The van der Waals surface area contributed by atoms with E-state index in [9.17, 15) is 9.59 Å². The van der Waals surface area contributed by atoms with Crippen LogP contribution in [0, 0.1) is 0 Å². The summed E-state index contributed by atoms with van der Waals surface area (Å²) >= 11 is 0. The standard InChI is InChI=1S/C25H19NO5/c1-2-29-20-14-10-18(11-15-20)23-26-22(25(28)31-23)16-17-8-12-21(13-9-17)30-24(27)19-6-4-3-5-7-19/h3-16H,2H2,1H3/b22-16-. The van der Waals surface area contributed by atoms with Gasteiger partial charge in [0.15, 0.2) is 5.70 Å². The fraction of sp³-hybridized carbons (Fsp3) is 0.0800. The Hall–Kier alpha value is -4.19. The topological polar surface area (TPSA) is 74.2 Å². The number of nitrogens with zero attached hydrogens (tertiary/aromatic N) is 1. The summed E-state index contributed by atoms with van der Waals surface area (Å²) in [5, 5.41) is 0. The first-order valence-corrected chi connectivity index (χ1v) is 9.75. The van der Waals surface area contributed by atoms with Crippen molar-refractivity contribution in [2.45, 2.75) is 6.92 Å². The molecule has 0 aromatic heterocycles. The molecule has 31 heavy (non-hydrogen) atoms. The Labute approximate surface area is 179 Å². The normalized spacial score (nSPS) is 14.2. The molecule has 0 saturated carbocycles. The van der Waals surface area contributed by atoms with Crippen LogP contribution in [0.25, 0.3) is 6.08 Å². The first-order chi connectivity index (χ1) is 15.1. The Kier molecular flexibility index (Phi) is 5.89. The van der Waals surface area contributed by atoms with Crippen LogP contribution in [0.3, 0.4) is 0 Å². The summed E-state index contributed by atoms with van der Waals surface area (Å²) in [5.41, 5.74) is 2.07. The Morgan fingerprint density at radius 2 is 1.61 bits per heavy atom. The smallest absolute Gasteiger partial charge is 0.363 e. The minimum absolute atomic E-state index is 0.193. The van der Waals surface area contributed by atoms with Gasteiger partial charge in [-0.1, -0.05) is 30.3 Å². The summed E-state index contributed by atoms with van der Waals surface area (Å²) in [6.45, 7) is 2.49. The molecule has 0 aliphatic carbocycles. The summed E-state index contributed by atoms with van der Waals surface area (Å²) in [7, 11) is 0. The lowest BCUT2D eigenvalue weighted by molar-refractivity contribution is -0.129. The molecular weight excluding hydrogens is 394 g/mol. The van der Waals surface area contributed by atoms with E-state index >= 15 is 0 Å². The summed E-state index contributed by atoms with van der Waals surface area (Å²) in [5.74, 6) is 0.426. The maximum absolute atomic E-state index is 12.2. The molecule has 4 rings (SSSR count). The molecule has 0 bridgehead atoms. The van der Waals surface area contributed by atoms with E-state index in [2.05, 4.69) is 4.99 Å². The van der Waals surface area contributed by atoms with Crippen LogP contribution in [-0.4, -0.2) is 24.4 Å². The van der Waals surface area contributed by atoms with Crippen molar-refractivity contribution in [2.24, 2.45) is 4.99 Å². The van der Waals surface area contributed by atoms with E-state index < -0.39 is 11.9 Å². The van der Waals surface area contributed by atoms with Crippen LogP contribution in [0.2, 0.25) is 0 Å². The molecule has 0 unspecified atom stereocenters. The fourth-order valence-electron chi connectivity index (χ4n) is 2.92. The molecular formula is C25H19NO5. The summed E-state index contributed by atoms with van der Waals surface area (Å²) in [4.78, 5) is 28.6. The minimum atomic E-state index is -0.525. The zero-order chi connectivity index (χ0) is 21.6. The molecule has 1 heterocycles. The van der Waals surface area contributed by atoms with E-state index in [0.717, 1.165) is 11.3 Å². The van der Waals surface area contributed by atoms with Gasteiger partial charge >= 0.3 is 11.9 Å². The molecule has 0 radical (unpaired) electrons. The highest BCUT2D eigenvalue weighted by atomic mass is 16.6.